The number of rotatable bonds is 4. The lowest BCUT2D eigenvalue weighted by molar-refractivity contribution is 0.125. The number of nitrogens with zero attached hydrogens (tertiary/aromatic N) is 1. The van der Waals surface area contributed by atoms with Crippen LogP contribution in [-0.2, 0) is 16.6 Å². The molecule has 1 aliphatic rings. The van der Waals surface area contributed by atoms with Crippen molar-refractivity contribution >= 4 is 26.0 Å². The fourth-order valence-corrected chi connectivity index (χ4v) is 4.62. The minimum Gasteiger partial charge on any atom is -0.386 e. The molecule has 1 heterocycles. The van der Waals surface area contributed by atoms with E-state index in [0.717, 1.165) is 10.0 Å². The molecule has 116 valence electrons. The van der Waals surface area contributed by atoms with E-state index in [1.165, 1.54) is 4.31 Å². The highest BCUT2D eigenvalue weighted by Gasteiger charge is 2.47. The van der Waals surface area contributed by atoms with E-state index in [1.54, 1.807) is 0 Å². The van der Waals surface area contributed by atoms with Crippen LogP contribution in [0.25, 0.3) is 0 Å². The number of halogens is 1. The van der Waals surface area contributed by atoms with Crippen LogP contribution in [0, 0.1) is 5.92 Å². The first-order valence-corrected chi connectivity index (χ1v) is 9.10. The van der Waals surface area contributed by atoms with Gasteiger partial charge in [0.2, 0.25) is 10.0 Å². The molecule has 0 spiro atoms. The molecule has 0 aliphatic carbocycles. The van der Waals surface area contributed by atoms with Gasteiger partial charge in [-0.05, 0) is 24.0 Å². The predicted octanol–water partition coefficient (Wildman–Crippen LogP) is 2.88. The molecule has 1 aromatic rings. The summed E-state index contributed by atoms with van der Waals surface area (Å²) in [5, 5.41) is 10.2. The van der Waals surface area contributed by atoms with E-state index in [4.69, 9.17) is 0 Å². The minimum absolute atomic E-state index is 0.0970. The Balaban J connectivity index is 2.37. The van der Waals surface area contributed by atoms with Gasteiger partial charge in [-0.15, -0.1) is 0 Å². The van der Waals surface area contributed by atoms with Gasteiger partial charge in [0.15, 0.2) is 0 Å². The van der Waals surface area contributed by atoms with Crippen molar-refractivity contribution in [3.63, 3.8) is 0 Å². The molecule has 1 aromatic carbocycles. The standard InChI is InChI=1S/C15H20BrNO3S/c1-10(2)8-14-15(18)11(3)21(19,20)17(14)9-12-6-4-5-7-13(12)16/h4-7,10,14-15,18H,3,8-9H2,1-2H3. The van der Waals surface area contributed by atoms with Crippen LogP contribution in [0.4, 0.5) is 0 Å². The van der Waals surface area contributed by atoms with Crippen LogP contribution in [-0.4, -0.2) is 30.0 Å². The molecule has 21 heavy (non-hydrogen) atoms. The lowest BCUT2D eigenvalue weighted by atomic mass is 9.99. The zero-order valence-electron chi connectivity index (χ0n) is 12.2. The van der Waals surface area contributed by atoms with Gasteiger partial charge in [0.05, 0.1) is 10.9 Å². The SMILES string of the molecule is C=C1C(O)C(CC(C)C)N(Cc2ccccc2Br)S1(=O)=O. The Bertz CT molecular complexity index is 642. The number of aliphatic hydroxyl groups excluding tert-OH is 1. The second kappa shape index (κ2) is 6.20. The van der Waals surface area contributed by atoms with Crippen LogP contribution in [0.2, 0.25) is 0 Å². The number of aliphatic hydroxyl groups is 1. The van der Waals surface area contributed by atoms with Crippen LogP contribution in [0.1, 0.15) is 25.8 Å². The quantitative estimate of drug-likeness (QED) is 0.882. The third-order valence-corrected chi connectivity index (χ3v) is 6.40. The van der Waals surface area contributed by atoms with Gasteiger partial charge in [0.1, 0.15) is 6.10 Å². The molecule has 2 atom stereocenters. The van der Waals surface area contributed by atoms with E-state index in [2.05, 4.69) is 22.5 Å². The molecule has 0 saturated carbocycles. The Kier molecular flexibility index (Phi) is 4.92. The third-order valence-electron chi connectivity index (χ3n) is 3.70. The molecule has 2 rings (SSSR count). The highest BCUT2D eigenvalue weighted by atomic mass is 79.9. The van der Waals surface area contributed by atoms with Crippen molar-refractivity contribution in [1.82, 2.24) is 4.31 Å². The molecule has 1 fully saturated rings. The molecule has 4 nitrogen and oxygen atoms in total. The Morgan fingerprint density at radius 1 is 1.38 bits per heavy atom. The first kappa shape index (κ1) is 16.7. The second-order valence-electron chi connectivity index (χ2n) is 5.75. The number of sulfonamides is 1. The maximum absolute atomic E-state index is 12.5. The molecule has 0 aromatic heterocycles. The van der Waals surface area contributed by atoms with Crippen molar-refractivity contribution in [2.24, 2.45) is 5.92 Å². The van der Waals surface area contributed by atoms with Crippen molar-refractivity contribution in [1.29, 1.82) is 0 Å². The van der Waals surface area contributed by atoms with Gasteiger partial charge in [0.25, 0.3) is 0 Å². The maximum atomic E-state index is 12.5. The third kappa shape index (κ3) is 3.23. The Morgan fingerprint density at radius 2 is 2.00 bits per heavy atom. The molecular weight excluding hydrogens is 354 g/mol. The number of benzene rings is 1. The molecule has 0 bridgehead atoms. The van der Waals surface area contributed by atoms with Gasteiger partial charge in [-0.3, -0.25) is 0 Å². The van der Waals surface area contributed by atoms with E-state index in [1.807, 2.05) is 38.1 Å². The van der Waals surface area contributed by atoms with Crippen molar-refractivity contribution in [3.05, 3.63) is 45.8 Å². The topological polar surface area (TPSA) is 57.6 Å². The van der Waals surface area contributed by atoms with Crippen LogP contribution in [0.3, 0.4) is 0 Å². The van der Waals surface area contributed by atoms with Crippen LogP contribution in [0.15, 0.2) is 40.2 Å². The Labute approximate surface area is 134 Å². The number of hydrogen-bond donors (Lipinski definition) is 1. The van der Waals surface area contributed by atoms with Gasteiger partial charge in [0, 0.05) is 11.0 Å². The van der Waals surface area contributed by atoms with Crippen molar-refractivity contribution < 1.29 is 13.5 Å². The van der Waals surface area contributed by atoms with Crippen LogP contribution < -0.4 is 0 Å². The van der Waals surface area contributed by atoms with Crippen molar-refractivity contribution in [2.45, 2.75) is 39.0 Å². The van der Waals surface area contributed by atoms with Crippen molar-refractivity contribution in [2.75, 3.05) is 0 Å². The molecule has 1 saturated heterocycles. The first-order valence-electron chi connectivity index (χ1n) is 6.87. The summed E-state index contributed by atoms with van der Waals surface area (Å²) in [4.78, 5) is -0.0970. The molecule has 0 radical (unpaired) electrons. The molecule has 1 aliphatic heterocycles. The van der Waals surface area contributed by atoms with Gasteiger partial charge in [-0.2, -0.15) is 4.31 Å². The second-order valence-corrected chi connectivity index (χ2v) is 8.55. The summed E-state index contributed by atoms with van der Waals surface area (Å²) in [6.45, 7) is 7.82. The average molecular weight is 374 g/mol. The highest BCUT2D eigenvalue weighted by Crippen LogP contribution is 2.36. The highest BCUT2D eigenvalue weighted by molar-refractivity contribution is 9.10. The average Bonchev–Trinajstić information content (AvgIpc) is 2.55. The lowest BCUT2D eigenvalue weighted by Crippen LogP contribution is -2.37. The largest absolute Gasteiger partial charge is 0.386 e. The summed E-state index contributed by atoms with van der Waals surface area (Å²) < 4.78 is 27.2. The zero-order valence-corrected chi connectivity index (χ0v) is 14.6. The molecular formula is C15H20BrNO3S. The van der Waals surface area contributed by atoms with Crippen LogP contribution >= 0.6 is 15.9 Å². The van der Waals surface area contributed by atoms with E-state index >= 15 is 0 Å². The zero-order chi connectivity index (χ0) is 15.8. The monoisotopic (exact) mass is 373 g/mol. The summed E-state index contributed by atoms with van der Waals surface area (Å²) >= 11 is 3.44. The Morgan fingerprint density at radius 3 is 2.57 bits per heavy atom. The lowest BCUT2D eigenvalue weighted by Gasteiger charge is -2.25. The van der Waals surface area contributed by atoms with E-state index in [0.29, 0.717) is 6.42 Å². The summed E-state index contributed by atoms with van der Waals surface area (Å²) in [5.74, 6) is 0.285. The summed E-state index contributed by atoms with van der Waals surface area (Å²) in [6, 6.07) is 7.05. The minimum atomic E-state index is -3.66. The van der Waals surface area contributed by atoms with Gasteiger partial charge in [-0.1, -0.05) is 54.6 Å². The number of hydrogen-bond acceptors (Lipinski definition) is 3. The molecule has 1 N–H and O–H groups in total. The summed E-state index contributed by atoms with van der Waals surface area (Å²) in [6.07, 6.45) is -0.427. The van der Waals surface area contributed by atoms with Gasteiger partial charge >= 0.3 is 0 Å². The Hall–Kier alpha value is -0.690. The van der Waals surface area contributed by atoms with E-state index < -0.39 is 22.2 Å². The maximum Gasteiger partial charge on any atom is 0.241 e. The normalized spacial score (nSPS) is 25.7. The van der Waals surface area contributed by atoms with Crippen molar-refractivity contribution in [3.8, 4) is 0 Å². The van der Waals surface area contributed by atoms with E-state index in [9.17, 15) is 13.5 Å². The van der Waals surface area contributed by atoms with Crippen LogP contribution in [0.5, 0.6) is 0 Å². The molecule has 0 amide bonds. The summed E-state index contributed by atoms with van der Waals surface area (Å²) in [7, 11) is -3.66. The summed E-state index contributed by atoms with van der Waals surface area (Å²) in [5.41, 5.74) is 0.872. The smallest absolute Gasteiger partial charge is 0.241 e. The van der Waals surface area contributed by atoms with E-state index in [-0.39, 0.29) is 17.4 Å². The van der Waals surface area contributed by atoms with Gasteiger partial charge < -0.3 is 5.11 Å². The molecule has 2 unspecified atom stereocenters. The molecule has 6 heteroatoms. The fraction of sp³-hybridized carbons (Fsp3) is 0.467. The predicted molar refractivity (Wildman–Crippen MR) is 87.0 cm³/mol. The first-order chi connectivity index (χ1) is 9.75. The van der Waals surface area contributed by atoms with Gasteiger partial charge in [-0.25, -0.2) is 8.42 Å². The fourth-order valence-electron chi connectivity index (χ4n) is 2.58.